The molecule has 1 N–H and O–H groups in total. The Morgan fingerprint density at radius 1 is 1.00 bits per heavy atom. The van der Waals surface area contributed by atoms with Crippen molar-refractivity contribution in [1.82, 2.24) is 5.32 Å². The van der Waals surface area contributed by atoms with Gasteiger partial charge in [0.1, 0.15) is 0 Å². The number of halogens is 1. The van der Waals surface area contributed by atoms with Crippen LogP contribution in [0.2, 0.25) is 0 Å². The maximum absolute atomic E-state index is 12.9. The van der Waals surface area contributed by atoms with Crippen LogP contribution in [-0.4, -0.2) is 11.9 Å². The third kappa shape index (κ3) is 2.98. The molecule has 1 aliphatic carbocycles. The number of benzene rings is 3. The quantitative estimate of drug-likeness (QED) is 0.626. The molecule has 126 valence electrons. The fourth-order valence-electron chi connectivity index (χ4n) is 3.72. The fourth-order valence-corrected chi connectivity index (χ4v) is 3.99. The first kappa shape index (κ1) is 16.3. The van der Waals surface area contributed by atoms with E-state index in [2.05, 4.69) is 52.4 Å². The summed E-state index contributed by atoms with van der Waals surface area (Å²) in [5, 5.41) is 5.35. The Bertz CT molecular complexity index is 923. The maximum Gasteiger partial charge on any atom is 0.252 e. The molecule has 1 fully saturated rings. The minimum absolute atomic E-state index is 0.00712. The lowest BCUT2D eigenvalue weighted by atomic mass is 9.88. The van der Waals surface area contributed by atoms with Crippen LogP contribution in [0.4, 0.5) is 0 Å². The average Bonchev–Trinajstić information content (AvgIpc) is 3.44. The minimum Gasteiger partial charge on any atom is -0.349 e. The molecule has 0 bridgehead atoms. The second kappa shape index (κ2) is 6.30. The van der Waals surface area contributed by atoms with Gasteiger partial charge >= 0.3 is 0 Å². The van der Waals surface area contributed by atoms with Crippen molar-refractivity contribution >= 4 is 32.6 Å². The summed E-state index contributed by atoms with van der Waals surface area (Å²) in [5.74, 6) is 0.00712. The standard InChI is InChI=1S/C22H20BrNO/c1-15(22(13-14-22)17-9-11-18(23)12-10-17)24-21(25)20-8-4-6-16-5-2-3-7-19(16)20/h2-12,15H,13-14H2,1H3,(H,24,25). The van der Waals surface area contributed by atoms with E-state index in [1.807, 2.05) is 42.5 Å². The van der Waals surface area contributed by atoms with Crippen molar-refractivity contribution in [2.24, 2.45) is 0 Å². The number of rotatable bonds is 4. The highest BCUT2D eigenvalue weighted by atomic mass is 79.9. The minimum atomic E-state index is 0.00712. The first-order valence-corrected chi connectivity index (χ1v) is 9.44. The molecule has 0 heterocycles. The summed E-state index contributed by atoms with van der Waals surface area (Å²) >= 11 is 3.49. The van der Waals surface area contributed by atoms with Crippen molar-refractivity contribution < 1.29 is 4.79 Å². The molecule has 1 atom stereocenters. The molecule has 1 unspecified atom stereocenters. The third-order valence-corrected chi connectivity index (χ3v) is 5.95. The number of carbonyl (C=O) groups is 1. The maximum atomic E-state index is 12.9. The van der Waals surface area contributed by atoms with Crippen molar-refractivity contribution in [3.05, 3.63) is 82.3 Å². The molecule has 2 nitrogen and oxygen atoms in total. The van der Waals surface area contributed by atoms with E-state index in [4.69, 9.17) is 0 Å². The van der Waals surface area contributed by atoms with Crippen LogP contribution in [0.25, 0.3) is 10.8 Å². The van der Waals surface area contributed by atoms with Crippen LogP contribution in [0.5, 0.6) is 0 Å². The van der Waals surface area contributed by atoms with Crippen LogP contribution in [0.15, 0.2) is 71.2 Å². The van der Waals surface area contributed by atoms with Gasteiger partial charge in [0, 0.05) is 21.5 Å². The Morgan fingerprint density at radius 2 is 1.68 bits per heavy atom. The summed E-state index contributed by atoms with van der Waals surface area (Å²) in [6.07, 6.45) is 2.23. The number of nitrogens with one attached hydrogen (secondary N) is 1. The van der Waals surface area contributed by atoms with Gasteiger partial charge in [0.05, 0.1) is 0 Å². The topological polar surface area (TPSA) is 29.1 Å². The van der Waals surface area contributed by atoms with Gasteiger partial charge in [0.15, 0.2) is 0 Å². The third-order valence-electron chi connectivity index (χ3n) is 5.42. The van der Waals surface area contributed by atoms with Crippen molar-refractivity contribution in [2.75, 3.05) is 0 Å². The molecule has 3 heteroatoms. The predicted octanol–water partition coefficient (Wildman–Crippen LogP) is 5.45. The number of amides is 1. The van der Waals surface area contributed by atoms with Gasteiger partial charge in [-0.15, -0.1) is 0 Å². The summed E-state index contributed by atoms with van der Waals surface area (Å²) in [6.45, 7) is 2.12. The van der Waals surface area contributed by atoms with Crippen LogP contribution in [0, 0.1) is 0 Å². The van der Waals surface area contributed by atoms with Crippen molar-refractivity contribution in [2.45, 2.75) is 31.2 Å². The Balaban J connectivity index is 1.59. The van der Waals surface area contributed by atoms with Gasteiger partial charge in [-0.25, -0.2) is 0 Å². The monoisotopic (exact) mass is 393 g/mol. The molecule has 25 heavy (non-hydrogen) atoms. The smallest absolute Gasteiger partial charge is 0.252 e. The van der Waals surface area contributed by atoms with E-state index in [1.54, 1.807) is 0 Å². The zero-order valence-electron chi connectivity index (χ0n) is 14.1. The Morgan fingerprint density at radius 3 is 2.40 bits per heavy atom. The first-order valence-electron chi connectivity index (χ1n) is 8.65. The van der Waals surface area contributed by atoms with Crippen molar-refractivity contribution in [3.63, 3.8) is 0 Å². The van der Waals surface area contributed by atoms with Crippen LogP contribution >= 0.6 is 15.9 Å². The van der Waals surface area contributed by atoms with Gasteiger partial charge in [-0.3, -0.25) is 4.79 Å². The number of hydrogen-bond donors (Lipinski definition) is 1. The van der Waals surface area contributed by atoms with Crippen LogP contribution in [0.1, 0.15) is 35.7 Å². The molecule has 1 aliphatic rings. The zero-order valence-corrected chi connectivity index (χ0v) is 15.7. The molecule has 0 aliphatic heterocycles. The fraction of sp³-hybridized carbons (Fsp3) is 0.227. The zero-order chi connectivity index (χ0) is 17.4. The molecular formula is C22H20BrNO. The van der Waals surface area contributed by atoms with Gasteiger partial charge < -0.3 is 5.32 Å². The summed E-state index contributed by atoms with van der Waals surface area (Å²) in [6, 6.07) is 22.5. The second-order valence-corrected chi connectivity index (χ2v) is 7.80. The van der Waals surface area contributed by atoms with Crippen LogP contribution in [-0.2, 0) is 5.41 Å². The van der Waals surface area contributed by atoms with Crippen molar-refractivity contribution in [3.8, 4) is 0 Å². The molecule has 1 saturated carbocycles. The SMILES string of the molecule is CC(NC(=O)c1cccc2ccccc12)C1(c2ccc(Br)cc2)CC1. The highest BCUT2D eigenvalue weighted by molar-refractivity contribution is 9.10. The molecule has 0 saturated heterocycles. The summed E-state index contributed by atoms with van der Waals surface area (Å²) in [5.41, 5.74) is 2.12. The highest BCUT2D eigenvalue weighted by Gasteiger charge is 2.49. The summed E-state index contributed by atoms with van der Waals surface area (Å²) in [7, 11) is 0. The Kier molecular flexibility index (Phi) is 4.12. The van der Waals surface area contributed by atoms with Gasteiger partial charge in [0.2, 0.25) is 0 Å². The molecule has 0 radical (unpaired) electrons. The van der Waals surface area contributed by atoms with Crippen molar-refractivity contribution in [1.29, 1.82) is 0 Å². The molecule has 0 aromatic heterocycles. The van der Waals surface area contributed by atoms with Crippen LogP contribution < -0.4 is 5.32 Å². The lowest BCUT2D eigenvalue weighted by Gasteiger charge is -2.25. The number of fused-ring (bicyclic) bond motifs is 1. The Hall–Kier alpha value is -2.13. The molecule has 1 amide bonds. The predicted molar refractivity (Wildman–Crippen MR) is 106 cm³/mol. The lowest BCUT2D eigenvalue weighted by Crippen LogP contribution is -2.41. The summed E-state index contributed by atoms with van der Waals surface area (Å²) in [4.78, 5) is 12.9. The van der Waals surface area contributed by atoms with Gasteiger partial charge in [-0.1, -0.05) is 64.5 Å². The Labute approximate surface area is 156 Å². The normalized spacial score (nSPS) is 16.4. The van der Waals surface area contributed by atoms with E-state index in [0.29, 0.717) is 0 Å². The molecule has 3 aromatic carbocycles. The van der Waals surface area contributed by atoms with Crippen LogP contribution in [0.3, 0.4) is 0 Å². The molecule has 0 spiro atoms. The number of hydrogen-bond acceptors (Lipinski definition) is 1. The van der Waals surface area contributed by atoms with Gasteiger partial charge in [-0.2, -0.15) is 0 Å². The lowest BCUT2D eigenvalue weighted by molar-refractivity contribution is 0.0933. The number of carbonyl (C=O) groups excluding carboxylic acids is 1. The van der Waals surface area contributed by atoms with Gasteiger partial charge in [-0.05, 0) is 54.3 Å². The highest BCUT2D eigenvalue weighted by Crippen LogP contribution is 2.51. The molecule has 3 aromatic rings. The van der Waals surface area contributed by atoms with Gasteiger partial charge in [0.25, 0.3) is 5.91 Å². The van der Waals surface area contributed by atoms with E-state index in [1.165, 1.54) is 5.56 Å². The van der Waals surface area contributed by atoms with E-state index < -0.39 is 0 Å². The van der Waals surface area contributed by atoms with E-state index >= 15 is 0 Å². The van der Waals surface area contributed by atoms with E-state index in [0.717, 1.165) is 33.7 Å². The summed E-state index contributed by atoms with van der Waals surface area (Å²) < 4.78 is 1.08. The average molecular weight is 394 g/mol. The van der Waals surface area contributed by atoms with E-state index in [-0.39, 0.29) is 17.4 Å². The van der Waals surface area contributed by atoms with E-state index in [9.17, 15) is 4.79 Å². The first-order chi connectivity index (χ1) is 12.1. The second-order valence-electron chi connectivity index (χ2n) is 6.88. The molecular weight excluding hydrogens is 374 g/mol. The molecule has 4 rings (SSSR count). The largest absolute Gasteiger partial charge is 0.349 e.